The van der Waals surface area contributed by atoms with Gasteiger partial charge in [-0.3, -0.25) is 10.1 Å². The van der Waals surface area contributed by atoms with Crippen LogP contribution in [0.5, 0.6) is 0 Å². The molecule has 64 valence electrons. The molecule has 0 aromatic rings. The first-order valence-corrected chi connectivity index (χ1v) is 5.04. The number of nitrogens with one attached hydrogen (secondary N) is 2. The number of hydrogen-bond acceptors (Lipinski definition) is 3. The van der Waals surface area contributed by atoms with Crippen LogP contribution in [0.25, 0.3) is 0 Å². The zero-order valence-electron chi connectivity index (χ0n) is 5.83. The van der Waals surface area contributed by atoms with Crippen LogP contribution in [0.4, 0.5) is 4.79 Å². The summed E-state index contributed by atoms with van der Waals surface area (Å²) in [4.78, 5) is 22.0. The molecule has 2 unspecified atom stereocenters. The molecular weight excluding hydrogens is 244 g/mol. The van der Waals surface area contributed by atoms with Crippen molar-refractivity contribution in [3.8, 4) is 0 Å². The Morgan fingerprint density at radius 3 is 3.00 bits per heavy atom. The second-order valence-corrected chi connectivity index (χ2v) is 4.43. The SMILES string of the molecule is O=C1NC(=O)C2SC=C(Br)C2N1. The highest BCUT2D eigenvalue weighted by Gasteiger charge is 2.40. The molecule has 2 atom stereocenters. The third-order valence-electron chi connectivity index (χ3n) is 1.71. The smallest absolute Gasteiger partial charge is 0.322 e. The van der Waals surface area contributed by atoms with Gasteiger partial charge in [-0.1, -0.05) is 15.9 Å². The minimum absolute atomic E-state index is 0.184. The van der Waals surface area contributed by atoms with Crippen molar-refractivity contribution in [1.29, 1.82) is 0 Å². The molecule has 2 aliphatic rings. The fraction of sp³-hybridized carbons (Fsp3) is 0.333. The summed E-state index contributed by atoms with van der Waals surface area (Å²) in [5, 5.41) is 6.48. The van der Waals surface area contributed by atoms with Gasteiger partial charge in [-0.2, -0.15) is 0 Å². The Labute approximate surface area is 81.3 Å². The van der Waals surface area contributed by atoms with Crippen LogP contribution in [-0.2, 0) is 4.79 Å². The normalized spacial score (nSPS) is 33.6. The van der Waals surface area contributed by atoms with E-state index in [1.54, 1.807) is 0 Å². The zero-order chi connectivity index (χ0) is 8.72. The lowest BCUT2D eigenvalue weighted by atomic mass is 10.1. The minimum Gasteiger partial charge on any atom is -0.329 e. The maximum Gasteiger partial charge on any atom is 0.322 e. The summed E-state index contributed by atoms with van der Waals surface area (Å²) in [6.07, 6.45) is 0. The van der Waals surface area contributed by atoms with E-state index in [1.807, 2.05) is 5.41 Å². The molecule has 0 saturated carbocycles. The number of amides is 3. The molecule has 2 heterocycles. The first kappa shape index (κ1) is 8.12. The van der Waals surface area contributed by atoms with Gasteiger partial charge in [0.05, 0.1) is 6.04 Å². The predicted molar refractivity (Wildman–Crippen MR) is 48.9 cm³/mol. The molecule has 6 heteroatoms. The van der Waals surface area contributed by atoms with E-state index in [0.29, 0.717) is 0 Å². The van der Waals surface area contributed by atoms with Crippen LogP contribution in [0.2, 0.25) is 0 Å². The van der Waals surface area contributed by atoms with Crippen LogP contribution in [0.3, 0.4) is 0 Å². The van der Waals surface area contributed by atoms with Crippen molar-refractivity contribution in [2.45, 2.75) is 11.3 Å². The molecule has 0 bridgehead atoms. The molecule has 2 aliphatic heterocycles. The van der Waals surface area contributed by atoms with Gasteiger partial charge in [-0.15, -0.1) is 11.8 Å². The van der Waals surface area contributed by atoms with Gasteiger partial charge in [0, 0.05) is 4.48 Å². The van der Waals surface area contributed by atoms with Gasteiger partial charge < -0.3 is 5.32 Å². The number of hydrogen-bond donors (Lipinski definition) is 2. The standard InChI is InChI=1S/C6H5BrN2O2S/c7-2-1-12-4-3(2)8-6(11)9-5(4)10/h1,3-4H,(H2,8,9,10,11). The Hall–Kier alpha value is -0.490. The Morgan fingerprint density at radius 1 is 1.50 bits per heavy atom. The third kappa shape index (κ3) is 1.15. The topological polar surface area (TPSA) is 58.2 Å². The van der Waals surface area contributed by atoms with Crippen molar-refractivity contribution >= 4 is 39.6 Å². The average molecular weight is 249 g/mol. The molecule has 12 heavy (non-hydrogen) atoms. The van der Waals surface area contributed by atoms with Crippen molar-refractivity contribution in [3.05, 3.63) is 9.89 Å². The third-order valence-corrected chi connectivity index (χ3v) is 3.90. The van der Waals surface area contributed by atoms with E-state index in [2.05, 4.69) is 26.6 Å². The van der Waals surface area contributed by atoms with Crippen LogP contribution < -0.4 is 10.6 Å². The van der Waals surface area contributed by atoms with Gasteiger partial charge in [-0.25, -0.2) is 4.79 Å². The second-order valence-electron chi connectivity index (χ2n) is 2.50. The van der Waals surface area contributed by atoms with Crippen molar-refractivity contribution in [3.63, 3.8) is 0 Å². The highest BCUT2D eigenvalue weighted by atomic mass is 79.9. The molecule has 1 fully saturated rings. The first-order valence-electron chi connectivity index (χ1n) is 3.31. The fourth-order valence-electron chi connectivity index (χ4n) is 1.15. The molecule has 0 aliphatic carbocycles. The van der Waals surface area contributed by atoms with Crippen molar-refractivity contribution in [1.82, 2.24) is 10.6 Å². The predicted octanol–water partition coefficient (Wildman–Crippen LogP) is 0.546. The number of fused-ring (bicyclic) bond motifs is 1. The zero-order valence-corrected chi connectivity index (χ0v) is 8.24. The van der Waals surface area contributed by atoms with Crippen LogP contribution in [0.15, 0.2) is 9.89 Å². The number of urea groups is 1. The Morgan fingerprint density at radius 2 is 2.25 bits per heavy atom. The summed E-state index contributed by atoms with van der Waals surface area (Å²) in [5.74, 6) is -0.223. The van der Waals surface area contributed by atoms with E-state index < -0.39 is 6.03 Å². The summed E-state index contributed by atoms with van der Waals surface area (Å²) in [6, 6.07) is -0.606. The molecule has 0 aromatic carbocycles. The van der Waals surface area contributed by atoms with E-state index in [9.17, 15) is 9.59 Å². The summed E-state index contributed by atoms with van der Waals surface area (Å²) >= 11 is 4.69. The maximum atomic E-state index is 11.2. The average Bonchev–Trinajstić information content (AvgIpc) is 2.33. The monoisotopic (exact) mass is 248 g/mol. The molecular formula is C6H5BrN2O2S. The van der Waals surface area contributed by atoms with E-state index in [0.717, 1.165) is 4.48 Å². The second kappa shape index (κ2) is 2.77. The lowest BCUT2D eigenvalue weighted by Gasteiger charge is -2.25. The largest absolute Gasteiger partial charge is 0.329 e. The summed E-state index contributed by atoms with van der Waals surface area (Å²) in [5.41, 5.74) is 0. The van der Waals surface area contributed by atoms with Crippen LogP contribution in [0, 0.1) is 0 Å². The highest BCUT2D eigenvalue weighted by molar-refractivity contribution is 9.11. The summed E-state index contributed by atoms with van der Waals surface area (Å²) < 4.78 is 0.862. The number of imide groups is 1. The Bertz CT molecular complexity index is 291. The summed E-state index contributed by atoms with van der Waals surface area (Å²) in [7, 11) is 0. The molecule has 0 radical (unpaired) electrons. The van der Waals surface area contributed by atoms with Gasteiger partial charge in [0.15, 0.2) is 0 Å². The van der Waals surface area contributed by atoms with Crippen molar-refractivity contribution in [2.24, 2.45) is 0 Å². The Kier molecular flexibility index (Phi) is 1.88. The van der Waals surface area contributed by atoms with Crippen molar-refractivity contribution in [2.75, 3.05) is 0 Å². The number of carbonyl (C=O) groups is 2. The van der Waals surface area contributed by atoms with E-state index in [-0.39, 0.29) is 17.2 Å². The quantitative estimate of drug-likeness (QED) is 0.659. The lowest BCUT2D eigenvalue weighted by molar-refractivity contribution is -0.120. The van der Waals surface area contributed by atoms with Crippen LogP contribution >= 0.6 is 27.7 Å². The molecule has 3 amide bonds. The van der Waals surface area contributed by atoms with E-state index in [4.69, 9.17) is 0 Å². The van der Waals surface area contributed by atoms with Gasteiger partial charge >= 0.3 is 6.03 Å². The van der Waals surface area contributed by atoms with Gasteiger partial charge in [0.25, 0.3) is 0 Å². The summed E-state index contributed by atoms with van der Waals surface area (Å²) in [6.45, 7) is 0. The van der Waals surface area contributed by atoms with E-state index in [1.165, 1.54) is 11.8 Å². The molecule has 0 spiro atoms. The first-order chi connectivity index (χ1) is 5.68. The minimum atomic E-state index is -0.422. The fourth-order valence-corrected chi connectivity index (χ4v) is 3.01. The molecule has 0 aromatic heterocycles. The molecule has 4 nitrogen and oxygen atoms in total. The highest BCUT2D eigenvalue weighted by Crippen LogP contribution is 2.35. The van der Waals surface area contributed by atoms with Gasteiger partial charge in [-0.05, 0) is 5.41 Å². The van der Waals surface area contributed by atoms with Gasteiger partial charge in [0.1, 0.15) is 5.25 Å². The van der Waals surface area contributed by atoms with Crippen molar-refractivity contribution < 1.29 is 9.59 Å². The molecule has 1 saturated heterocycles. The number of halogens is 1. The molecule has 2 rings (SSSR count). The van der Waals surface area contributed by atoms with Crippen LogP contribution in [0.1, 0.15) is 0 Å². The number of thioether (sulfide) groups is 1. The Balaban J connectivity index is 2.24. The lowest BCUT2D eigenvalue weighted by Crippen LogP contribution is -2.58. The number of rotatable bonds is 0. The van der Waals surface area contributed by atoms with E-state index >= 15 is 0 Å². The van der Waals surface area contributed by atoms with Crippen LogP contribution in [-0.4, -0.2) is 23.2 Å². The van der Waals surface area contributed by atoms with Gasteiger partial charge in [0.2, 0.25) is 5.91 Å². The number of carbonyl (C=O) groups excluding carboxylic acids is 2. The molecule has 2 N–H and O–H groups in total. The maximum absolute atomic E-state index is 11.2.